The van der Waals surface area contributed by atoms with E-state index in [0.717, 1.165) is 28.6 Å². The zero-order chi connectivity index (χ0) is 23.3. The van der Waals surface area contributed by atoms with Crippen LogP contribution in [-0.4, -0.2) is 31.4 Å². The van der Waals surface area contributed by atoms with Gasteiger partial charge in [-0.3, -0.25) is 14.3 Å². The van der Waals surface area contributed by atoms with Crippen molar-refractivity contribution in [2.75, 3.05) is 7.11 Å². The first-order valence-electron chi connectivity index (χ1n) is 9.76. The topological polar surface area (TPSA) is 128 Å². The molecule has 2 aromatic heterocycles. The Bertz CT molecular complexity index is 1560. The first-order chi connectivity index (χ1) is 15.9. The molecular weight excluding hydrogens is 471 g/mol. The van der Waals surface area contributed by atoms with Gasteiger partial charge >= 0.3 is 5.69 Å². The molecule has 1 aliphatic rings. The molecule has 1 aliphatic carbocycles. The van der Waals surface area contributed by atoms with E-state index in [9.17, 15) is 9.59 Å². The molecule has 5 rings (SSSR count). The molecule has 0 saturated heterocycles. The molecule has 0 unspecified atom stereocenters. The smallest absolute Gasteiger partial charge is 0.349 e. The van der Waals surface area contributed by atoms with Gasteiger partial charge in [-0.1, -0.05) is 23.2 Å². The molecule has 4 aromatic rings. The Hall–Kier alpha value is -3.81. The molecule has 0 atom stereocenters. The van der Waals surface area contributed by atoms with Gasteiger partial charge in [0.2, 0.25) is 5.69 Å². The van der Waals surface area contributed by atoms with E-state index in [1.165, 1.54) is 12.1 Å². The number of nitrogens with zero attached hydrogens (tertiary/aromatic N) is 5. The van der Waals surface area contributed by atoms with Crippen LogP contribution >= 0.6 is 23.2 Å². The van der Waals surface area contributed by atoms with Crippen LogP contribution in [0.4, 0.5) is 0 Å². The third-order valence-electron chi connectivity index (χ3n) is 5.10. The van der Waals surface area contributed by atoms with Crippen LogP contribution in [0.2, 0.25) is 10.0 Å². The Kier molecular flexibility index (Phi) is 5.08. The molecule has 0 amide bonds. The summed E-state index contributed by atoms with van der Waals surface area (Å²) in [6.45, 7) is 0. The molecule has 166 valence electrons. The van der Waals surface area contributed by atoms with Crippen molar-refractivity contribution in [3.8, 4) is 29.3 Å². The van der Waals surface area contributed by atoms with E-state index in [1.807, 2.05) is 21.7 Å². The van der Waals surface area contributed by atoms with Crippen LogP contribution in [0.5, 0.6) is 17.5 Å². The molecule has 1 fully saturated rings. The fraction of sp³-hybridized carbons (Fsp3) is 0.190. The minimum atomic E-state index is -0.881. The SMILES string of the molecule is COc1nc2ccc(Oc3c(Cl)cc(-n4nc(C#N)c(=O)[nH]c4=O)cc3Cl)cc2n1C1CC1. The van der Waals surface area contributed by atoms with Crippen LogP contribution in [0.1, 0.15) is 24.6 Å². The van der Waals surface area contributed by atoms with Gasteiger partial charge in [0.15, 0.2) is 5.75 Å². The summed E-state index contributed by atoms with van der Waals surface area (Å²) in [4.78, 5) is 30.3. The highest BCUT2D eigenvalue weighted by molar-refractivity contribution is 6.37. The van der Waals surface area contributed by atoms with Crippen molar-refractivity contribution in [2.45, 2.75) is 18.9 Å². The van der Waals surface area contributed by atoms with Crippen LogP contribution in [0, 0.1) is 11.3 Å². The average molecular weight is 485 g/mol. The molecule has 12 heteroatoms. The van der Waals surface area contributed by atoms with Gasteiger partial charge in [-0.25, -0.2) is 4.79 Å². The number of rotatable bonds is 5. The standard InChI is InChI=1S/C21H14Cl2N6O4/c1-32-21-25-15-5-4-12(8-17(15)28(21)10-2-3-10)33-18-13(22)6-11(7-14(18)23)29-20(31)26-19(30)16(9-24)27-29/h4-8,10H,2-3H2,1H3,(H,26,30,31). The highest BCUT2D eigenvalue weighted by atomic mass is 35.5. The maximum absolute atomic E-state index is 12.1. The van der Waals surface area contributed by atoms with Gasteiger partial charge in [0.05, 0.1) is 33.9 Å². The summed E-state index contributed by atoms with van der Waals surface area (Å²) in [5, 5.41) is 13.0. The van der Waals surface area contributed by atoms with Crippen LogP contribution in [0.25, 0.3) is 16.7 Å². The van der Waals surface area contributed by atoms with E-state index in [4.69, 9.17) is 37.9 Å². The van der Waals surface area contributed by atoms with Crippen LogP contribution in [-0.2, 0) is 0 Å². The molecule has 2 heterocycles. The summed E-state index contributed by atoms with van der Waals surface area (Å²) in [6, 6.07) is 10.7. The number of methoxy groups -OCH3 is 1. The first-order valence-corrected chi connectivity index (χ1v) is 10.5. The van der Waals surface area contributed by atoms with Crippen LogP contribution in [0.15, 0.2) is 39.9 Å². The van der Waals surface area contributed by atoms with Gasteiger partial charge in [0, 0.05) is 12.1 Å². The summed E-state index contributed by atoms with van der Waals surface area (Å²) in [6.07, 6.45) is 2.11. The number of halogens is 2. The number of nitriles is 1. The third-order valence-corrected chi connectivity index (χ3v) is 5.67. The molecule has 10 nitrogen and oxygen atoms in total. The van der Waals surface area contributed by atoms with E-state index in [0.29, 0.717) is 17.8 Å². The van der Waals surface area contributed by atoms with E-state index >= 15 is 0 Å². The highest BCUT2D eigenvalue weighted by Gasteiger charge is 2.29. The second-order valence-electron chi connectivity index (χ2n) is 7.32. The zero-order valence-corrected chi connectivity index (χ0v) is 18.5. The molecular formula is C21H14Cl2N6O4. The number of benzene rings is 2. The predicted octanol–water partition coefficient (Wildman–Crippen LogP) is 3.58. The summed E-state index contributed by atoms with van der Waals surface area (Å²) < 4.78 is 14.2. The number of hydrogen-bond donors (Lipinski definition) is 1. The van der Waals surface area contributed by atoms with E-state index in [-0.39, 0.29) is 21.5 Å². The summed E-state index contributed by atoms with van der Waals surface area (Å²) in [5.41, 5.74) is -0.402. The van der Waals surface area contributed by atoms with Crippen molar-refractivity contribution >= 4 is 34.2 Å². The Morgan fingerprint density at radius 1 is 1.18 bits per heavy atom. The number of nitrogens with one attached hydrogen (secondary N) is 1. The number of fused-ring (bicyclic) bond motifs is 1. The van der Waals surface area contributed by atoms with Crippen molar-refractivity contribution in [3.05, 3.63) is 66.9 Å². The number of aromatic nitrogens is 5. The van der Waals surface area contributed by atoms with Gasteiger partial charge in [0.25, 0.3) is 11.6 Å². The monoisotopic (exact) mass is 484 g/mol. The normalized spacial score (nSPS) is 13.2. The second kappa shape index (κ2) is 7.95. The van der Waals surface area contributed by atoms with Crippen LogP contribution in [0.3, 0.4) is 0 Å². The Morgan fingerprint density at radius 2 is 1.91 bits per heavy atom. The van der Waals surface area contributed by atoms with E-state index < -0.39 is 16.9 Å². The summed E-state index contributed by atoms with van der Waals surface area (Å²) in [7, 11) is 1.58. The molecule has 1 N–H and O–H groups in total. The molecule has 2 aromatic carbocycles. The molecule has 0 bridgehead atoms. The lowest BCUT2D eigenvalue weighted by molar-refractivity contribution is 0.360. The number of hydrogen-bond acceptors (Lipinski definition) is 7. The van der Waals surface area contributed by atoms with Crippen molar-refractivity contribution in [3.63, 3.8) is 0 Å². The number of H-pyrrole nitrogens is 1. The largest absolute Gasteiger partial charge is 0.468 e. The number of aromatic amines is 1. The summed E-state index contributed by atoms with van der Waals surface area (Å²) in [5.74, 6) is 0.651. The quantitative estimate of drug-likeness (QED) is 0.458. The molecule has 1 saturated carbocycles. The van der Waals surface area contributed by atoms with E-state index in [2.05, 4.69) is 10.1 Å². The zero-order valence-electron chi connectivity index (χ0n) is 17.0. The molecule has 0 radical (unpaired) electrons. The fourth-order valence-electron chi connectivity index (χ4n) is 3.48. The van der Waals surface area contributed by atoms with Crippen molar-refractivity contribution in [2.24, 2.45) is 0 Å². The lowest BCUT2D eigenvalue weighted by atomic mass is 10.2. The minimum Gasteiger partial charge on any atom is -0.468 e. The second-order valence-corrected chi connectivity index (χ2v) is 8.14. The summed E-state index contributed by atoms with van der Waals surface area (Å²) >= 11 is 12.8. The van der Waals surface area contributed by atoms with Crippen molar-refractivity contribution in [1.29, 1.82) is 5.26 Å². The van der Waals surface area contributed by atoms with E-state index in [1.54, 1.807) is 19.2 Å². The van der Waals surface area contributed by atoms with Gasteiger partial charge in [-0.05, 0) is 37.1 Å². The Labute approximate surface area is 195 Å². The van der Waals surface area contributed by atoms with Gasteiger partial charge in [-0.2, -0.15) is 14.9 Å². The fourth-order valence-corrected chi connectivity index (χ4v) is 4.03. The molecule has 0 aliphatic heterocycles. The van der Waals surface area contributed by atoms with Gasteiger partial charge in [0.1, 0.15) is 11.8 Å². The van der Waals surface area contributed by atoms with Crippen LogP contribution < -0.4 is 20.7 Å². The number of ether oxygens (including phenoxy) is 2. The minimum absolute atomic E-state index is 0.101. The van der Waals surface area contributed by atoms with Gasteiger partial charge < -0.3 is 9.47 Å². The molecule has 33 heavy (non-hydrogen) atoms. The highest BCUT2D eigenvalue weighted by Crippen LogP contribution is 2.43. The average Bonchev–Trinajstić information content (AvgIpc) is 3.56. The first kappa shape index (κ1) is 21.1. The lowest BCUT2D eigenvalue weighted by Gasteiger charge is -2.12. The van der Waals surface area contributed by atoms with Gasteiger partial charge in [-0.15, -0.1) is 5.10 Å². The Morgan fingerprint density at radius 3 is 2.55 bits per heavy atom. The lowest BCUT2D eigenvalue weighted by Crippen LogP contribution is -2.33. The Balaban J connectivity index is 1.53. The number of imidazole rings is 1. The predicted molar refractivity (Wildman–Crippen MR) is 120 cm³/mol. The maximum Gasteiger partial charge on any atom is 0.349 e. The molecule has 0 spiro atoms. The third kappa shape index (κ3) is 3.71. The van der Waals surface area contributed by atoms with Crippen molar-refractivity contribution < 1.29 is 9.47 Å². The maximum atomic E-state index is 12.1. The van der Waals surface area contributed by atoms with Crippen molar-refractivity contribution in [1.82, 2.24) is 24.3 Å².